The molecule has 2 N–H and O–H groups in total. The second kappa shape index (κ2) is 7.24. The van der Waals surface area contributed by atoms with Gasteiger partial charge in [-0.05, 0) is 0 Å². The molecule has 1 rings (SSSR count). The van der Waals surface area contributed by atoms with Crippen LogP contribution in [0.15, 0.2) is 11.8 Å². The molecule has 0 aromatic carbocycles. The number of imide groups is 1. The van der Waals surface area contributed by atoms with Gasteiger partial charge in [0.05, 0.1) is 24.9 Å². The molecule has 1 saturated heterocycles. The summed E-state index contributed by atoms with van der Waals surface area (Å²) >= 11 is 0. The summed E-state index contributed by atoms with van der Waals surface area (Å²) in [5, 5.41) is 17.5. The molecule has 20 heavy (non-hydrogen) atoms. The largest absolute Gasteiger partial charge is 0.498 e. The van der Waals surface area contributed by atoms with Gasteiger partial charge in [-0.2, -0.15) is 0 Å². The van der Waals surface area contributed by atoms with Crippen LogP contribution >= 0.6 is 0 Å². The molecule has 1 heterocycles. The number of aliphatic hydroxyl groups excluding tert-OH is 1. The fourth-order valence-electron chi connectivity index (χ4n) is 1.34. The van der Waals surface area contributed by atoms with E-state index in [0.29, 0.717) is 5.06 Å². The van der Waals surface area contributed by atoms with Crippen LogP contribution in [0.4, 0.5) is 0 Å². The normalized spacial score (nSPS) is 15.4. The van der Waals surface area contributed by atoms with Gasteiger partial charge >= 0.3 is 11.9 Å². The molecule has 1 fully saturated rings. The first-order valence-electron chi connectivity index (χ1n) is 5.67. The third-order valence-electron chi connectivity index (χ3n) is 2.22. The van der Waals surface area contributed by atoms with Gasteiger partial charge in [0.2, 0.25) is 0 Å². The van der Waals surface area contributed by atoms with Crippen molar-refractivity contribution in [1.29, 1.82) is 0 Å². The fraction of sp³-hybridized carbons (Fsp3) is 0.455. The number of aliphatic carboxylic acids is 1. The van der Waals surface area contributed by atoms with Crippen molar-refractivity contribution in [2.45, 2.75) is 19.3 Å². The van der Waals surface area contributed by atoms with Crippen LogP contribution in [0.5, 0.6) is 0 Å². The van der Waals surface area contributed by atoms with E-state index in [2.05, 4.69) is 4.84 Å². The van der Waals surface area contributed by atoms with E-state index in [9.17, 15) is 19.2 Å². The molecule has 1 aliphatic rings. The first-order valence-corrected chi connectivity index (χ1v) is 5.67. The first kappa shape index (κ1) is 15.6. The van der Waals surface area contributed by atoms with Crippen LogP contribution in [-0.2, 0) is 28.8 Å². The van der Waals surface area contributed by atoms with Gasteiger partial charge in [-0.1, -0.05) is 0 Å². The van der Waals surface area contributed by atoms with Crippen molar-refractivity contribution in [2.24, 2.45) is 0 Å². The van der Waals surface area contributed by atoms with Gasteiger partial charge in [-0.25, -0.2) is 4.79 Å². The van der Waals surface area contributed by atoms with Gasteiger partial charge in [-0.15, -0.1) is 5.06 Å². The third kappa shape index (κ3) is 4.35. The summed E-state index contributed by atoms with van der Waals surface area (Å²) in [6, 6.07) is 0. The van der Waals surface area contributed by atoms with Crippen LogP contribution in [0.1, 0.15) is 19.3 Å². The van der Waals surface area contributed by atoms with Crippen LogP contribution in [-0.4, -0.2) is 52.2 Å². The molecule has 110 valence electrons. The second-order valence-electron chi connectivity index (χ2n) is 3.77. The molecule has 0 unspecified atom stereocenters. The second-order valence-corrected chi connectivity index (χ2v) is 3.77. The van der Waals surface area contributed by atoms with Crippen LogP contribution in [0.3, 0.4) is 0 Å². The molecule has 1 aliphatic heterocycles. The molecule has 0 aliphatic carbocycles. The Balaban J connectivity index is 2.72. The molecule has 0 atom stereocenters. The number of nitrogens with zero attached hydrogens (tertiary/aromatic N) is 1. The van der Waals surface area contributed by atoms with Crippen LogP contribution < -0.4 is 0 Å². The molecule has 0 spiro atoms. The lowest BCUT2D eigenvalue weighted by molar-refractivity contribution is -0.194. The zero-order chi connectivity index (χ0) is 15.1. The number of ether oxygens (including phenoxy) is 1. The maximum Gasteiger partial charge on any atom is 0.363 e. The van der Waals surface area contributed by atoms with E-state index < -0.39 is 35.7 Å². The van der Waals surface area contributed by atoms with Crippen molar-refractivity contribution in [3.05, 3.63) is 11.8 Å². The highest BCUT2D eigenvalue weighted by atomic mass is 16.7. The van der Waals surface area contributed by atoms with Crippen LogP contribution in [0.25, 0.3) is 0 Å². The Kier molecular flexibility index (Phi) is 5.66. The molecule has 9 heteroatoms. The number of amides is 2. The maximum atomic E-state index is 11.7. The molecular weight excluding hydrogens is 274 g/mol. The number of carbonyl (C=O) groups is 4. The Morgan fingerprint density at radius 2 is 1.85 bits per heavy atom. The quantitative estimate of drug-likeness (QED) is 0.263. The smallest absolute Gasteiger partial charge is 0.363 e. The fourth-order valence-corrected chi connectivity index (χ4v) is 1.34. The number of aliphatic hydroxyl groups is 1. The van der Waals surface area contributed by atoms with E-state index in [1.807, 2.05) is 0 Å². The number of hydroxylamine groups is 2. The number of carboxylic acids is 1. The number of carboxylic acid groups (broad SMARTS) is 1. The molecule has 0 aromatic rings. The van der Waals surface area contributed by atoms with E-state index >= 15 is 0 Å². The zero-order valence-electron chi connectivity index (χ0n) is 10.4. The summed E-state index contributed by atoms with van der Waals surface area (Å²) in [7, 11) is 0. The summed E-state index contributed by atoms with van der Waals surface area (Å²) in [4.78, 5) is 49.3. The maximum absolute atomic E-state index is 11.7. The average molecular weight is 287 g/mol. The van der Waals surface area contributed by atoms with Gasteiger partial charge in [0.25, 0.3) is 11.8 Å². The van der Waals surface area contributed by atoms with Gasteiger partial charge in [0, 0.05) is 12.8 Å². The van der Waals surface area contributed by atoms with Gasteiger partial charge in [0.15, 0.2) is 0 Å². The Bertz CT molecular complexity index is 439. The SMILES string of the molecule is O=C(O)CC(=COCCO)C(=O)ON1C(=O)CCC1=O. The predicted octanol–water partition coefficient (Wildman–Crippen LogP) is -1.04. The van der Waals surface area contributed by atoms with Crippen molar-refractivity contribution < 1.29 is 39.0 Å². The highest BCUT2D eigenvalue weighted by molar-refractivity contribution is 6.03. The molecular formula is C11H13NO8. The van der Waals surface area contributed by atoms with Crippen LogP contribution in [0, 0.1) is 0 Å². The summed E-state index contributed by atoms with van der Waals surface area (Å²) in [5.74, 6) is -3.84. The Morgan fingerprint density at radius 3 is 2.35 bits per heavy atom. The summed E-state index contributed by atoms with van der Waals surface area (Å²) in [5.41, 5.74) is -0.390. The lowest BCUT2D eigenvalue weighted by Gasteiger charge is -2.13. The Hall–Kier alpha value is -2.42. The lowest BCUT2D eigenvalue weighted by atomic mass is 10.2. The standard InChI is InChI=1S/C11H13NO8/c13-3-4-19-6-7(5-10(16)17)11(18)20-12-8(14)1-2-9(12)15/h6,13H,1-5H2,(H,16,17). The lowest BCUT2D eigenvalue weighted by Crippen LogP contribution is -2.33. The minimum absolute atomic E-state index is 0.0644. The number of hydrogen-bond donors (Lipinski definition) is 2. The molecule has 9 nitrogen and oxygen atoms in total. The van der Waals surface area contributed by atoms with E-state index in [1.54, 1.807) is 0 Å². The average Bonchev–Trinajstić information content (AvgIpc) is 2.69. The minimum Gasteiger partial charge on any atom is -0.498 e. The highest BCUT2D eigenvalue weighted by Gasteiger charge is 2.33. The number of rotatable bonds is 7. The number of carbonyl (C=O) groups excluding carboxylic acids is 3. The molecule has 0 aromatic heterocycles. The van der Waals surface area contributed by atoms with E-state index in [0.717, 1.165) is 6.26 Å². The summed E-state index contributed by atoms with van der Waals surface area (Å²) in [6.45, 7) is -0.465. The van der Waals surface area contributed by atoms with E-state index in [1.165, 1.54) is 0 Å². The molecule has 2 amide bonds. The van der Waals surface area contributed by atoms with Gasteiger partial charge in [-0.3, -0.25) is 14.4 Å². The Labute approximate surface area is 113 Å². The first-order chi connectivity index (χ1) is 9.45. The van der Waals surface area contributed by atoms with Crippen LogP contribution in [0.2, 0.25) is 0 Å². The molecule has 0 bridgehead atoms. The summed E-state index contributed by atoms with van der Waals surface area (Å²) < 4.78 is 4.72. The van der Waals surface area contributed by atoms with Crippen molar-refractivity contribution >= 4 is 23.8 Å². The predicted molar refractivity (Wildman–Crippen MR) is 60.6 cm³/mol. The Morgan fingerprint density at radius 1 is 1.25 bits per heavy atom. The molecule has 0 radical (unpaired) electrons. The van der Waals surface area contributed by atoms with Crippen molar-refractivity contribution in [1.82, 2.24) is 5.06 Å². The van der Waals surface area contributed by atoms with Crippen molar-refractivity contribution in [2.75, 3.05) is 13.2 Å². The monoisotopic (exact) mass is 287 g/mol. The summed E-state index contributed by atoms with van der Waals surface area (Å²) in [6.07, 6.45) is -0.0195. The van der Waals surface area contributed by atoms with Crippen molar-refractivity contribution in [3.63, 3.8) is 0 Å². The van der Waals surface area contributed by atoms with Gasteiger partial charge < -0.3 is 19.8 Å². The highest BCUT2D eigenvalue weighted by Crippen LogP contribution is 2.15. The number of hydrogen-bond acceptors (Lipinski definition) is 7. The topological polar surface area (TPSA) is 130 Å². The van der Waals surface area contributed by atoms with E-state index in [-0.39, 0.29) is 26.1 Å². The van der Waals surface area contributed by atoms with Crippen molar-refractivity contribution in [3.8, 4) is 0 Å². The minimum atomic E-state index is -1.32. The molecule has 0 saturated carbocycles. The van der Waals surface area contributed by atoms with E-state index in [4.69, 9.17) is 14.9 Å². The zero-order valence-corrected chi connectivity index (χ0v) is 10.4. The van der Waals surface area contributed by atoms with Gasteiger partial charge in [0.1, 0.15) is 6.61 Å². The third-order valence-corrected chi connectivity index (χ3v) is 2.22.